The fourth-order valence-electron chi connectivity index (χ4n) is 1.02. The standard InChI is InChI=1S/C9H12F3N3/c1-2-4-13-7-3-5-14-8(15-7)6-9(10,11)12/h3,5H,2,4,6H2,1H3,(H,13,14,15). The zero-order valence-electron chi connectivity index (χ0n) is 8.30. The van der Waals surface area contributed by atoms with Gasteiger partial charge < -0.3 is 5.32 Å². The van der Waals surface area contributed by atoms with E-state index in [0.29, 0.717) is 12.4 Å². The lowest BCUT2D eigenvalue weighted by Crippen LogP contribution is -2.15. The number of aromatic nitrogens is 2. The van der Waals surface area contributed by atoms with Gasteiger partial charge in [-0.15, -0.1) is 0 Å². The second-order valence-corrected chi connectivity index (χ2v) is 3.08. The number of halogens is 3. The average Bonchev–Trinajstić information content (AvgIpc) is 2.12. The van der Waals surface area contributed by atoms with Crippen molar-refractivity contribution in [1.29, 1.82) is 0 Å². The number of rotatable bonds is 4. The van der Waals surface area contributed by atoms with E-state index in [1.54, 1.807) is 6.07 Å². The zero-order chi connectivity index (χ0) is 11.3. The molecule has 84 valence electrons. The lowest BCUT2D eigenvalue weighted by atomic mass is 10.4. The Kier molecular flexibility index (Phi) is 3.88. The number of hydrogen-bond donors (Lipinski definition) is 1. The SMILES string of the molecule is CCCNc1ccnc(CC(F)(F)F)n1. The van der Waals surface area contributed by atoms with Gasteiger partial charge in [0.2, 0.25) is 0 Å². The van der Waals surface area contributed by atoms with E-state index in [2.05, 4.69) is 15.3 Å². The molecule has 0 saturated heterocycles. The molecule has 0 aromatic carbocycles. The Balaban J connectivity index is 2.66. The summed E-state index contributed by atoms with van der Waals surface area (Å²) in [4.78, 5) is 7.32. The molecule has 3 nitrogen and oxygen atoms in total. The van der Waals surface area contributed by atoms with Crippen molar-refractivity contribution in [3.05, 3.63) is 18.1 Å². The number of hydrogen-bond acceptors (Lipinski definition) is 3. The first-order chi connectivity index (χ1) is 7.01. The summed E-state index contributed by atoms with van der Waals surface area (Å²) < 4.78 is 36.1. The molecule has 0 fully saturated rings. The molecular formula is C9H12F3N3. The largest absolute Gasteiger partial charge is 0.396 e. The van der Waals surface area contributed by atoms with Crippen molar-refractivity contribution < 1.29 is 13.2 Å². The molecule has 0 aliphatic carbocycles. The van der Waals surface area contributed by atoms with Crippen LogP contribution in [0, 0.1) is 0 Å². The normalized spacial score (nSPS) is 11.5. The summed E-state index contributed by atoms with van der Waals surface area (Å²) in [6, 6.07) is 1.55. The van der Waals surface area contributed by atoms with Gasteiger partial charge in [-0.1, -0.05) is 6.92 Å². The van der Waals surface area contributed by atoms with Crippen LogP contribution in [0.25, 0.3) is 0 Å². The van der Waals surface area contributed by atoms with Crippen LogP contribution in [-0.4, -0.2) is 22.7 Å². The Hall–Kier alpha value is -1.33. The van der Waals surface area contributed by atoms with Gasteiger partial charge in [0, 0.05) is 12.7 Å². The van der Waals surface area contributed by atoms with Crippen LogP contribution >= 0.6 is 0 Å². The van der Waals surface area contributed by atoms with Crippen molar-refractivity contribution in [3.63, 3.8) is 0 Å². The van der Waals surface area contributed by atoms with E-state index in [4.69, 9.17) is 0 Å². The highest BCUT2D eigenvalue weighted by Gasteiger charge is 2.29. The molecule has 0 amide bonds. The molecule has 1 N–H and O–H groups in total. The van der Waals surface area contributed by atoms with Crippen molar-refractivity contribution in [1.82, 2.24) is 9.97 Å². The third kappa shape index (κ3) is 4.62. The maximum absolute atomic E-state index is 12.0. The van der Waals surface area contributed by atoms with Crippen LogP contribution in [0.3, 0.4) is 0 Å². The zero-order valence-corrected chi connectivity index (χ0v) is 8.30. The molecule has 0 aliphatic rings. The first-order valence-corrected chi connectivity index (χ1v) is 4.64. The van der Waals surface area contributed by atoms with E-state index < -0.39 is 12.6 Å². The Morgan fingerprint density at radius 3 is 2.73 bits per heavy atom. The Bertz CT molecular complexity index is 312. The predicted molar refractivity (Wildman–Crippen MR) is 50.6 cm³/mol. The maximum atomic E-state index is 12.0. The van der Waals surface area contributed by atoms with Crippen molar-refractivity contribution in [3.8, 4) is 0 Å². The summed E-state index contributed by atoms with van der Waals surface area (Å²) in [6.07, 6.45) is -3.14. The molecule has 0 spiro atoms. The lowest BCUT2D eigenvalue weighted by Gasteiger charge is -2.07. The molecule has 6 heteroatoms. The van der Waals surface area contributed by atoms with Crippen LogP contribution in [0.2, 0.25) is 0 Å². The minimum atomic E-state index is -4.26. The van der Waals surface area contributed by atoms with Crippen LogP contribution in [0.1, 0.15) is 19.2 Å². The molecule has 1 aromatic rings. The second kappa shape index (κ2) is 4.95. The van der Waals surface area contributed by atoms with Gasteiger partial charge in [-0.2, -0.15) is 13.2 Å². The Morgan fingerprint density at radius 1 is 1.40 bits per heavy atom. The van der Waals surface area contributed by atoms with E-state index in [9.17, 15) is 13.2 Å². The van der Waals surface area contributed by atoms with E-state index >= 15 is 0 Å². The minimum Gasteiger partial charge on any atom is -0.370 e. The fraction of sp³-hybridized carbons (Fsp3) is 0.556. The van der Waals surface area contributed by atoms with Crippen LogP contribution < -0.4 is 5.32 Å². The first-order valence-electron chi connectivity index (χ1n) is 4.64. The highest BCUT2D eigenvalue weighted by atomic mass is 19.4. The van der Waals surface area contributed by atoms with Gasteiger partial charge in [0.05, 0.1) is 0 Å². The minimum absolute atomic E-state index is 0.205. The molecule has 0 unspecified atom stereocenters. The van der Waals surface area contributed by atoms with Crippen LogP contribution in [0.15, 0.2) is 12.3 Å². The molecule has 0 atom stereocenters. The second-order valence-electron chi connectivity index (χ2n) is 3.08. The van der Waals surface area contributed by atoms with Crippen LogP contribution in [0.5, 0.6) is 0 Å². The van der Waals surface area contributed by atoms with Crippen molar-refractivity contribution in [2.24, 2.45) is 0 Å². The molecule has 0 aliphatic heterocycles. The van der Waals surface area contributed by atoms with E-state index in [-0.39, 0.29) is 5.82 Å². The van der Waals surface area contributed by atoms with Crippen LogP contribution in [0.4, 0.5) is 19.0 Å². The van der Waals surface area contributed by atoms with Crippen LogP contribution in [-0.2, 0) is 6.42 Å². The molecule has 1 aromatic heterocycles. The summed E-state index contributed by atoms with van der Waals surface area (Å²) in [5.41, 5.74) is 0. The van der Waals surface area contributed by atoms with Crippen molar-refractivity contribution in [2.75, 3.05) is 11.9 Å². The summed E-state index contributed by atoms with van der Waals surface area (Å²) in [7, 11) is 0. The predicted octanol–water partition coefficient (Wildman–Crippen LogP) is 2.40. The number of alkyl halides is 3. The van der Waals surface area contributed by atoms with Gasteiger partial charge in [0.15, 0.2) is 0 Å². The number of nitrogens with zero attached hydrogens (tertiary/aromatic N) is 2. The van der Waals surface area contributed by atoms with E-state index in [0.717, 1.165) is 6.42 Å². The highest BCUT2D eigenvalue weighted by Crippen LogP contribution is 2.19. The van der Waals surface area contributed by atoms with Gasteiger partial charge >= 0.3 is 6.18 Å². The van der Waals surface area contributed by atoms with E-state index in [1.807, 2.05) is 6.92 Å². The summed E-state index contributed by atoms with van der Waals surface area (Å²) in [5.74, 6) is 0.231. The number of nitrogens with one attached hydrogen (secondary N) is 1. The van der Waals surface area contributed by atoms with Crippen molar-refractivity contribution in [2.45, 2.75) is 25.9 Å². The maximum Gasteiger partial charge on any atom is 0.396 e. The Labute approximate surface area is 85.7 Å². The third-order valence-corrected chi connectivity index (χ3v) is 1.62. The van der Waals surface area contributed by atoms with Gasteiger partial charge in [0.1, 0.15) is 18.1 Å². The smallest absolute Gasteiger partial charge is 0.370 e. The fourth-order valence-corrected chi connectivity index (χ4v) is 1.02. The van der Waals surface area contributed by atoms with Gasteiger partial charge in [-0.3, -0.25) is 0 Å². The lowest BCUT2D eigenvalue weighted by molar-refractivity contribution is -0.128. The summed E-state index contributed by atoms with van der Waals surface area (Å²) >= 11 is 0. The summed E-state index contributed by atoms with van der Waals surface area (Å²) in [5, 5.41) is 2.90. The third-order valence-electron chi connectivity index (χ3n) is 1.62. The molecule has 1 rings (SSSR count). The highest BCUT2D eigenvalue weighted by molar-refractivity contribution is 5.32. The summed E-state index contributed by atoms with van der Waals surface area (Å²) in [6.45, 7) is 2.65. The molecular weight excluding hydrogens is 207 g/mol. The molecule has 0 radical (unpaired) electrons. The monoisotopic (exact) mass is 219 g/mol. The molecule has 0 bridgehead atoms. The molecule has 15 heavy (non-hydrogen) atoms. The first kappa shape index (κ1) is 11.7. The van der Waals surface area contributed by atoms with Gasteiger partial charge in [-0.25, -0.2) is 9.97 Å². The quantitative estimate of drug-likeness (QED) is 0.844. The van der Waals surface area contributed by atoms with E-state index in [1.165, 1.54) is 6.20 Å². The average molecular weight is 219 g/mol. The molecule has 1 heterocycles. The van der Waals surface area contributed by atoms with Crippen molar-refractivity contribution >= 4 is 5.82 Å². The van der Waals surface area contributed by atoms with Gasteiger partial charge in [0.25, 0.3) is 0 Å². The Morgan fingerprint density at radius 2 is 2.13 bits per heavy atom. The van der Waals surface area contributed by atoms with Gasteiger partial charge in [-0.05, 0) is 12.5 Å². The topological polar surface area (TPSA) is 37.8 Å². The number of anilines is 1. The molecule has 0 saturated carbocycles.